The van der Waals surface area contributed by atoms with Crippen molar-refractivity contribution in [2.75, 3.05) is 0 Å². The Kier molecular flexibility index (Phi) is 4.85. The van der Waals surface area contributed by atoms with Gasteiger partial charge in [-0.15, -0.1) is 12.4 Å². The number of carboxylic acid groups (broad SMARTS) is 1. The molecule has 0 bridgehead atoms. The van der Waals surface area contributed by atoms with E-state index in [0.717, 1.165) is 17.2 Å². The predicted octanol–water partition coefficient (Wildman–Crippen LogP) is 2.51. The van der Waals surface area contributed by atoms with E-state index in [4.69, 9.17) is 5.11 Å². The van der Waals surface area contributed by atoms with Gasteiger partial charge in [0.15, 0.2) is 0 Å². The maximum absolute atomic E-state index is 10.2. The van der Waals surface area contributed by atoms with Gasteiger partial charge in [-0.05, 0) is 24.1 Å². The van der Waals surface area contributed by atoms with Gasteiger partial charge >= 0.3 is 5.97 Å². The summed E-state index contributed by atoms with van der Waals surface area (Å²) >= 11 is 0. The average Bonchev–Trinajstić information content (AvgIpc) is 2.03. The molecule has 1 aromatic carbocycles. The zero-order valence-corrected chi connectivity index (χ0v) is 8.04. The quantitative estimate of drug-likeness (QED) is 0.742. The average molecular weight is 199 g/mol. The molecule has 0 atom stereocenters. The van der Waals surface area contributed by atoms with Gasteiger partial charge in [0, 0.05) is 6.08 Å². The SMILES string of the molecule is Cc1ccccc1/C=C/C(=O)O.Cl. The van der Waals surface area contributed by atoms with Crippen molar-refractivity contribution in [1.82, 2.24) is 0 Å². The van der Waals surface area contributed by atoms with Gasteiger partial charge in [-0.1, -0.05) is 24.3 Å². The summed E-state index contributed by atoms with van der Waals surface area (Å²) in [6, 6.07) is 7.64. The molecular formula is C10H11ClO2. The van der Waals surface area contributed by atoms with Crippen LogP contribution in [0, 0.1) is 6.92 Å². The first-order chi connectivity index (χ1) is 5.70. The molecule has 13 heavy (non-hydrogen) atoms. The van der Waals surface area contributed by atoms with Crippen LogP contribution in [-0.4, -0.2) is 11.1 Å². The Labute approximate surface area is 83.3 Å². The summed E-state index contributed by atoms with van der Waals surface area (Å²) in [6.07, 6.45) is 2.74. The van der Waals surface area contributed by atoms with Gasteiger partial charge in [0.25, 0.3) is 0 Å². The van der Waals surface area contributed by atoms with Crippen molar-refractivity contribution < 1.29 is 9.90 Å². The normalized spacial score (nSPS) is 9.62. The third-order valence-electron chi connectivity index (χ3n) is 1.59. The highest BCUT2D eigenvalue weighted by molar-refractivity contribution is 5.85. The van der Waals surface area contributed by atoms with E-state index < -0.39 is 5.97 Å². The van der Waals surface area contributed by atoms with Crippen molar-refractivity contribution in [2.24, 2.45) is 0 Å². The van der Waals surface area contributed by atoms with Crippen LogP contribution in [0.3, 0.4) is 0 Å². The molecule has 0 unspecified atom stereocenters. The standard InChI is InChI=1S/C10H10O2.ClH/c1-8-4-2-3-5-9(8)6-7-10(11)12;/h2-7H,1H3,(H,11,12);1H/b7-6+;. The summed E-state index contributed by atoms with van der Waals surface area (Å²) in [7, 11) is 0. The maximum Gasteiger partial charge on any atom is 0.328 e. The molecule has 0 aliphatic carbocycles. The smallest absolute Gasteiger partial charge is 0.328 e. The molecule has 0 aromatic heterocycles. The molecule has 0 amide bonds. The zero-order valence-electron chi connectivity index (χ0n) is 7.23. The second-order valence-corrected chi connectivity index (χ2v) is 2.53. The lowest BCUT2D eigenvalue weighted by atomic mass is 10.1. The molecule has 3 heteroatoms. The Hall–Kier alpha value is -1.28. The summed E-state index contributed by atoms with van der Waals surface area (Å²) in [5.41, 5.74) is 2.02. The van der Waals surface area contributed by atoms with Crippen LogP contribution in [0.25, 0.3) is 6.08 Å². The molecule has 1 rings (SSSR count). The lowest BCUT2D eigenvalue weighted by molar-refractivity contribution is -0.131. The van der Waals surface area contributed by atoms with Crippen molar-refractivity contribution in [1.29, 1.82) is 0 Å². The van der Waals surface area contributed by atoms with E-state index in [0.29, 0.717) is 0 Å². The van der Waals surface area contributed by atoms with Crippen LogP contribution < -0.4 is 0 Å². The van der Waals surface area contributed by atoms with E-state index in [1.165, 1.54) is 0 Å². The fourth-order valence-corrected chi connectivity index (χ4v) is 0.935. The highest BCUT2D eigenvalue weighted by Crippen LogP contribution is 2.08. The van der Waals surface area contributed by atoms with Crippen molar-refractivity contribution in [2.45, 2.75) is 6.92 Å². The number of carboxylic acids is 1. The van der Waals surface area contributed by atoms with Crippen molar-refractivity contribution in [3.05, 3.63) is 41.5 Å². The number of halogens is 1. The Balaban J connectivity index is 0.00000144. The van der Waals surface area contributed by atoms with Gasteiger partial charge in [-0.25, -0.2) is 4.79 Å². The van der Waals surface area contributed by atoms with Crippen LogP contribution in [0.15, 0.2) is 30.3 Å². The molecule has 2 nitrogen and oxygen atoms in total. The topological polar surface area (TPSA) is 37.3 Å². The molecule has 1 aromatic rings. The number of hydrogen-bond donors (Lipinski definition) is 1. The minimum atomic E-state index is -0.918. The van der Waals surface area contributed by atoms with E-state index in [1.54, 1.807) is 6.08 Å². The van der Waals surface area contributed by atoms with Crippen molar-refractivity contribution in [3.63, 3.8) is 0 Å². The third kappa shape index (κ3) is 3.76. The molecule has 0 aliphatic rings. The fourth-order valence-electron chi connectivity index (χ4n) is 0.935. The summed E-state index contributed by atoms with van der Waals surface area (Å²) in [4.78, 5) is 10.2. The van der Waals surface area contributed by atoms with Gasteiger partial charge in [0.2, 0.25) is 0 Å². The van der Waals surface area contributed by atoms with Gasteiger partial charge < -0.3 is 5.11 Å². The Morgan fingerprint density at radius 2 is 2.00 bits per heavy atom. The molecule has 0 aliphatic heterocycles. The molecule has 0 spiro atoms. The first-order valence-corrected chi connectivity index (χ1v) is 3.67. The Morgan fingerprint density at radius 3 is 2.54 bits per heavy atom. The van der Waals surface area contributed by atoms with Gasteiger partial charge in [0.05, 0.1) is 0 Å². The van der Waals surface area contributed by atoms with E-state index in [-0.39, 0.29) is 12.4 Å². The number of carbonyl (C=O) groups is 1. The summed E-state index contributed by atoms with van der Waals surface area (Å²) < 4.78 is 0. The minimum Gasteiger partial charge on any atom is -0.478 e. The number of aliphatic carboxylic acids is 1. The third-order valence-corrected chi connectivity index (χ3v) is 1.59. The maximum atomic E-state index is 10.2. The molecule has 1 N–H and O–H groups in total. The number of rotatable bonds is 2. The van der Waals surface area contributed by atoms with Crippen LogP contribution >= 0.6 is 12.4 Å². The lowest BCUT2D eigenvalue weighted by Gasteiger charge is -1.96. The first-order valence-electron chi connectivity index (χ1n) is 3.67. The van der Waals surface area contributed by atoms with Crippen molar-refractivity contribution in [3.8, 4) is 0 Å². The molecule has 0 fully saturated rings. The van der Waals surface area contributed by atoms with E-state index in [9.17, 15) is 4.79 Å². The highest BCUT2D eigenvalue weighted by Gasteiger charge is 1.91. The first kappa shape index (κ1) is 11.7. The van der Waals surface area contributed by atoms with E-state index in [1.807, 2.05) is 31.2 Å². The second kappa shape index (κ2) is 5.38. The number of hydrogen-bond acceptors (Lipinski definition) is 1. The second-order valence-electron chi connectivity index (χ2n) is 2.53. The van der Waals surface area contributed by atoms with Crippen LogP contribution in [-0.2, 0) is 4.79 Å². The summed E-state index contributed by atoms with van der Waals surface area (Å²) in [5.74, 6) is -0.918. The Bertz CT molecular complexity index is 318. The zero-order chi connectivity index (χ0) is 8.97. The van der Waals surface area contributed by atoms with E-state index in [2.05, 4.69) is 0 Å². The van der Waals surface area contributed by atoms with Crippen molar-refractivity contribution >= 4 is 24.5 Å². The predicted molar refractivity (Wildman–Crippen MR) is 55.1 cm³/mol. The van der Waals surface area contributed by atoms with Crippen LogP contribution in [0.1, 0.15) is 11.1 Å². The van der Waals surface area contributed by atoms with Crippen LogP contribution in [0.5, 0.6) is 0 Å². The fraction of sp³-hybridized carbons (Fsp3) is 0.100. The Morgan fingerprint density at radius 1 is 1.38 bits per heavy atom. The molecule has 0 saturated carbocycles. The van der Waals surface area contributed by atoms with Gasteiger partial charge in [0.1, 0.15) is 0 Å². The lowest BCUT2D eigenvalue weighted by Crippen LogP contribution is -1.86. The number of benzene rings is 1. The molecule has 0 radical (unpaired) electrons. The monoisotopic (exact) mass is 198 g/mol. The van der Waals surface area contributed by atoms with Crippen LogP contribution in [0.4, 0.5) is 0 Å². The summed E-state index contributed by atoms with van der Waals surface area (Å²) in [5, 5.41) is 8.38. The molecule has 70 valence electrons. The molecule has 0 heterocycles. The molecule has 0 saturated heterocycles. The highest BCUT2D eigenvalue weighted by atomic mass is 35.5. The van der Waals surface area contributed by atoms with Gasteiger partial charge in [-0.2, -0.15) is 0 Å². The van der Waals surface area contributed by atoms with Crippen LogP contribution in [0.2, 0.25) is 0 Å². The van der Waals surface area contributed by atoms with E-state index >= 15 is 0 Å². The minimum absolute atomic E-state index is 0. The molecular weight excluding hydrogens is 188 g/mol. The summed E-state index contributed by atoms with van der Waals surface area (Å²) in [6.45, 7) is 1.95. The van der Waals surface area contributed by atoms with Gasteiger partial charge in [-0.3, -0.25) is 0 Å². The number of aryl methyl sites for hydroxylation is 1. The largest absolute Gasteiger partial charge is 0.478 e.